The molecule has 0 aliphatic carbocycles. The number of carbonyl (C=O) groups is 1. The summed E-state index contributed by atoms with van der Waals surface area (Å²) in [5.74, 6) is 0.647. The molecule has 0 atom stereocenters. The number of anilines is 1. The summed E-state index contributed by atoms with van der Waals surface area (Å²) in [5.41, 5.74) is 3.46. The van der Waals surface area contributed by atoms with Gasteiger partial charge in [-0.25, -0.2) is 0 Å². The Morgan fingerprint density at radius 1 is 1.00 bits per heavy atom. The van der Waals surface area contributed by atoms with E-state index >= 15 is 0 Å². The van der Waals surface area contributed by atoms with E-state index < -0.39 is 0 Å². The van der Waals surface area contributed by atoms with Crippen LogP contribution in [-0.4, -0.2) is 29.5 Å². The van der Waals surface area contributed by atoms with Crippen molar-refractivity contribution in [3.63, 3.8) is 0 Å². The van der Waals surface area contributed by atoms with E-state index in [-0.39, 0.29) is 5.91 Å². The SMILES string of the molecule is COc1ccc(CCNc2ccnc(C(=O)NCc3ccncc3)c2)cc1. The molecule has 6 heteroatoms. The number of amides is 1. The lowest BCUT2D eigenvalue weighted by Gasteiger charge is -2.09. The van der Waals surface area contributed by atoms with Crippen molar-refractivity contribution in [3.05, 3.63) is 83.9 Å². The molecule has 0 aliphatic rings. The van der Waals surface area contributed by atoms with Crippen molar-refractivity contribution >= 4 is 11.6 Å². The Bertz CT molecular complexity index is 867. The molecule has 0 bridgehead atoms. The molecule has 3 aromatic rings. The Labute approximate surface area is 158 Å². The van der Waals surface area contributed by atoms with Gasteiger partial charge in [-0.1, -0.05) is 12.1 Å². The summed E-state index contributed by atoms with van der Waals surface area (Å²) in [5, 5.41) is 6.20. The normalized spacial score (nSPS) is 10.3. The minimum absolute atomic E-state index is 0.203. The van der Waals surface area contributed by atoms with Crippen LogP contribution in [0.15, 0.2) is 67.1 Å². The first kappa shape index (κ1) is 18.4. The molecule has 0 saturated heterocycles. The molecular weight excluding hydrogens is 340 g/mol. The second-order valence-corrected chi connectivity index (χ2v) is 5.99. The van der Waals surface area contributed by atoms with E-state index in [4.69, 9.17) is 4.74 Å². The molecule has 2 heterocycles. The number of methoxy groups -OCH3 is 1. The Morgan fingerprint density at radius 3 is 2.52 bits per heavy atom. The molecule has 0 fully saturated rings. The fraction of sp³-hybridized carbons (Fsp3) is 0.190. The average Bonchev–Trinajstić information content (AvgIpc) is 2.73. The lowest BCUT2D eigenvalue weighted by molar-refractivity contribution is 0.0946. The second-order valence-electron chi connectivity index (χ2n) is 5.99. The quantitative estimate of drug-likeness (QED) is 0.644. The highest BCUT2D eigenvalue weighted by atomic mass is 16.5. The van der Waals surface area contributed by atoms with E-state index in [9.17, 15) is 4.79 Å². The molecule has 0 spiro atoms. The number of nitrogens with one attached hydrogen (secondary N) is 2. The van der Waals surface area contributed by atoms with Gasteiger partial charge in [-0.2, -0.15) is 0 Å². The molecule has 0 aliphatic heterocycles. The summed E-state index contributed by atoms with van der Waals surface area (Å²) < 4.78 is 5.16. The maximum Gasteiger partial charge on any atom is 0.270 e. The van der Waals surface area contributed by atoms with Gasteiger partial charge in [0, 0.05) is 37.4 Å². The number of hydrogen-bond donors (Lipinski definition) is 2. The predicted molar refractivity (Wildman–Crippen MR) is 105 cm³/mol. The van der Waals surface area contributed by atoms with Gasteiger partial charge in [0.2, 0.25) is 0 Å². The summed E-state index contributed by atoms with van der Waals surface area (Å²) in [6.07, 6.45) is 5.91. The number of nitrogens with zero attached hydrogens (tertiary/aromatic N) is 2. The Balaban J connectivity index is 1.51. The molecule has 0 radical (unpaired) electrons. The third kappa shape index (κ3) is 5.54. The first-order chi connectivity index (χ1) is 13.2. The molecule has 0 saturated carbocycles. The van der Waals surface area contributed by atoms with Gasteiger partial charge in [-0.05, 0) is 53.9 Å². The highest BCUT2D eigenvalue weighted by molar-refractivity contribution is 5.93. The predicted octanol–water partition coefficient (Wildman–Crippen LogP) is 3.07. The fourth-order valence-corrected chi connectivity index (χ4v) is 2.58. The van der Waals surface area contributed by atoms with Crippen molar-refractivity contribution in [2.75, 3.05) is 19.0 Å². The number of hydrogen-bond acceptors (Lipinski definition) is 5. The van der Waals surface area contributed by atoms with E-state index in [2.05, 4.69) is 20.6 Å². The van der Waals surface area contributed by atoms with Crippen molar-refractivity contribution in [3.8, 4) is 5.75 Å². The average molecular weight is 362 g/mol. The van der Waals surface area contributed by atoms with Gasteiger partial charge in [0.25, 0.3) is 5.91 Å². The van der Waals surface area contributed by atoms with Crippen LogP contribution < -0.4 is 15.4 Å². The van der Waals surface area contributed by atoms with Crippen LogP contribution in [0.4, 0.5) is 5.69 Å². The second kappa shape index (κ2) is 9.33. The van der Waals surface area contributed by atoms with Crippen LogP contribution >= 0.6 is 0 Å². The summed E-state index contributed by atoms with van der Waals surface area (Å²) in [6, 6.07) is 15.3. The number of pyridine rings is 2. The smallest absolute Gasteiger partial charge is 0.270 e. The summed E-state index contributed by atoms with van der Waals surface area (Å²) in [6.45, 7) is 1.20. The van der Waals surface area contributed by atoms with Crippen molar-refractivity contribution < 1.29 is 9.53 Å². The zero-order valence-electron chi connectivity index (χ0n) is 15.2. The van der Waals surface area contributed by atoms with Crippen LogP contribution in [0, 0.1) is 0 Å². The molecule has 1 aromatic carbocycles. The van der Waals surface area contributed by atoms with Crippen LogP contribution in [0.3, 0.4) is 0 Å². The first-order valence-electron chi connectivity index (χ1n) is 8.74. The van der Waals surface area contributed by atoms with E-state index in [1.165, 1.54) is 5.56 Å². The zero-order chi connectivity index (χ0) is 18.9. The number of ether oxygens (including phenoxy) is 1. The standard InChI is InChI=1S/C21H22N4O2/c1-27-19-4-2-16(3-5-19)8-12-23-18-9-13-24-20(14-18)21(26)25-15-17-6-10-22-11-7-17/h2-7,9-11,13-14H,8,12,15H2,1H3,(H,23,24)(H,25,26). The van der Waals surface area contributed by atoms with E-state index in [1.807, 2.05) is 42.5 Å². The largest absolute Gasteiger partial charge is 0.497 e. The van der Waals surface area contributed by atoms with Gasteiger partial charge >= 0.3 is 0 Å². The lowest BCUT2D eigenvalue weighted by Crippen LogP contribution is -2.23. The topological polar surface area (TPSA) is 76.1 Å². The minimum Gasteiger partial charge on any atom is -0.497 e. The Morgan fingerprint density at radius 2 is 1.78 bits per heavy atom. The van der Waals surface area contributed by atoms with Crippen molar-refractivity contribution in [2.45, 2.75) is 13.0 Å². The molecule has 2 N–H and O–H groups in total. The van der Waals surface area contributed by atoms with Gasteiger partial charge in [0.15, 0.2) is 0 Å². The van der Waals surface area contributed by atoms with Crippen LogP contribution in [-0.2, 0) is 13.0 Å². The number of carbonyl (C=O) groups excluding carboxylic acids is 1. The third-order valence-electron chi connectivity index (χ3n) is 4.10. The lowest BCUT2D eigenvalue weighted by atomic mass is 10.1. The molecule has 2 aromatic heterocycles. The van der Waals surface area contributed by atoms with Crippen molar-refractivity contribution in [1.82, 2.24) is 15.3 Å². The summed E-state index contributed by atoms with van der Waals surface area (Å²) in [7, 11) is 1.66. The van der Waals surface area contributed by atoms with Crippen molar-refractivity contribution in [1.29, 1.82) is 0 Å². The Kier molecular flexibility index (Phi) is 6.35. The van der Waals surface area contributed by atoms with Gasteiger partial charge in [-0.3, -0.25) is 14.8 Å². The van der Waals surface area contributed by atoms with Gasteiger partial charge in [0.1, 0.15) is 11.4 Å². The molecular formula is C21H22N4O2. The van der Waals surface area contributed by atoms with E-state index in [0.717, 1.165) is 30.0 Å². The summed E-state index contributed by atoms with van der Waals surface area (Å²) in [4.78, 5) is 20.4. The van der Waals surface area contributed by atoms with E-state index in [1.54, 1.807) is 31.8 Å². The molecule has 0 unspecified atom stereocenters. The summed E-state index contributed by atoms with van der Waals surface area (Å²) >= 11 is 0. The van der Waals surface area contributed by atoms with Crippen LogP contribution in [0.25, 0.3) is 0 Å². The molecule has 6 nitrogen and oxygen atoms in total. The molecule has 1 amide bonds. The number of rotatable bonds is 8. The van der Waals surface area contributed by atoms with Gasteiger partial charge in [-0.15, -0.1) is 0 Å². The van der Waals surface area contributed by atoms with Crippen LogP contribution in [0.2, 0.25) is 0 Å². The molecule has 3 rings (SSSR count). The zero-order valence-corrected chi connectivity index (χ0v) is 15.2. The Hall–Kier alpha value is -3.41. The number of benzene rings is 1. The van der Waals surface area contributed by atoms with Gasteiger partial charge in [0.05, 0.1) is 7.11 Å². The number of aromatic nitrogens is 2. The maximum absolute atomic E-state index is 12.3. The monoisotopic (exact) mass is 362 g/mol. The van der Waals surface area contributed by atoms with Crippen molar-refractivity contribution in [2.24, 2.45) is 0 Å². The third-order valence-corrected chi connectivity index (χ3v) is 4.10. The van der Waals surface area contributed by atoms with Gasteiger partial charge < -0.3 is 15.4 Å². The molecule has 138 valence electrons. The minimum atomic E-state index is -0.203. The highest BCUT2D eigenvalue weighted by Gasteiger charge is 2.07. The van der Waals surface area contributed by atoms with Crippen LogP contribution in [0.1, 0.15) is 21.6 Å². The molecule has 27 heavy (non-hydrogen) atoms. The van der Waals surface area contributed by atoms with Crippen LogP contribution in [0.5, 0.6) is 5.75 Å². The van der Waals surface area contributed by atoms with E-state index in [0.29, 0.717) is 12.2 Å². The first-order valence-corrected chi connectivity index (χ1v) is 8.74. The highest BCUT2D eigenvalue weighted by Crippen LogP contribution is 2.13. The fourth-order valence-electron chi connectivity index (χ4n) is 2.58. The maximum atomic E-state index is 12.3.